The van der Waals surface area contributed by atoms with Crippen LogP contribution in [0.2, 0.25) is 0 Å². The van der Waals surface area contributed by atoms with E-state index < -0.39 is 94.5 Å². The first-order chi connectivity index (χ1) is 15.0. The minimum absolute atomic E-state index is 0.161. The maximum atomic E-state index is 13.7. The second-order valence-electron chi connectivity index (χ2n) is 8.23. The number of ether oxygens (including phenoxy) is 1. The zero-order chi connectivity index (χ0) is 24.8. The van der Waals surface area contributed by atoms with Crippen molar-refractivity contribution in [3.63, 3.8) is 0 Å². The molecule has 0 spiro atoms. The highest BCUT2D eigenvalue weighted by atomic mass is 32.2. The first-order valence-electron chi connectivity index (χ1n) is 10.1. The second-order valence-corrected chi connectivity index (χ2v) is 9.91. The van der Waals surface area contributed by atoms with E-state index in [2.05, 4.69) is 4.72 Å². The molecule has 2 aliphatic rings. The molecule has 1 heterocycles. The molecule has 188 valence electrons. The summed E-state index contributed by atoms with van der Waals surface area (Å²) in [5.41, 5.74) is -1.68. The third-order valence-corrected chi connectivity index (χ3v) is 7.38. The summed E-state index contributed by atoms with van der Waals surface area (Å²) in [4.78, 5) is 0.608. The molecule has 1 aromatic carbocycles. The Balaban J connectivity index is 2.11. The van der Waals surface area contributed by atoms with Gasteiger partial charge in [0.25, 0.3) is 0 Å². The Morgan fingerprint density at radius 3 is 2.24 bits per heavy atom. The highest BCUT2D eigenvalue weighted by Gasteiger charge is 2.43. The highest BCUT2D eigenvalue weighted by molar-refractivity contribution is 7.89. The average Bonchev–Trinajstić information content (AvgIpc) is 2.78. The number of hydrogen-bond donors (Lipinski definition) is 1. The van der Waals surface area contributed by atoms with Crippen LogP contribution in [0.1, 0.15) is 44.1 Å². The van der Waals surface area contributed by atoms with E-state index in [1.807, 2.05) is 0 Å². The molecular weight excluding hydrogens is 488 g/mol. The molecule has 1 unspecified atom stereocenters. The lowest BCUT2D eigenvalue weighted by Gasteiger charge is -2.39. The molecule has 1 fully saturated rings. The van der Waals surface area contributed by atoms with Gasteiger partial charge in [0.2, 0.25) is 15.9 Å². The smallest absolute Gasteiger partial charge is 0.420 e. The van der Waals surface area contributed by atoms with Crippen molar-refractivity contribution < 1.29 is 48.3 Å². The van der Waals surface area contributed by atoms with Gasteiger partial charge in [-0.05, 0) is 25.3 Å². The maximum absolute atomic E-state index is 13.7. The Kier molecular flexibility index (Phi) is 6.84. The third-order valence-electron chi connectivity index (χ3n) is 5.83. The fourth-order valence-electron chi connectivity index (χ4n) is 4.21. The van der Waals surface area contributed by atoms with Crippen LogP contribution in [0, 0.1) is 0 Å². The Morgan fingerprint density at radius 1 is 1.12 bits per heavy atom. The predicted octanol–water partition coefficient (Wildman–Crippen LogP) is 5.10. The molecule has 1 saturated carbocycles. The van der Waals surface area contributed by atoms with Crippen molar-refractivity contribution in [1.29, 1.82) is 0 Å². The van der Waals surface area contributed by atoms with Gasteiger partial charge in [0.15, 0.2) is 0 Å². The number of anilines is 1. The number of hydrogen-bond acceptors (Lipinski definition) is 4. The fraction of sp³-hybridized carbons (Fsp3) is 0.684. The van der Waals surface area contributed by atoms with Crippen LogP contribution in [0.25, 0.3) is 0 Å². The van der Waals surface area contributed by atoms with Gasteiger partial charge in [-0.25, -0.2) is 21.9 Å². The molecule has 1 aliphatic carbocycles. The van der Waals surface area contributed by atoms with E-state index in [9.17, 15) is 43.5 Å². The summed E-state index contributed by atoms with van der Waals surface area (Å²) in [6, 6.07) is -0.850. The van der Waals surface area contributed by atoms with Crippen LogP contribution in [-0.2, 0) is 16.2 Å². The molecule has 5 nitrogen and oxygen atoms in total. The summed E-state index contributed by atoms with van der Waals surface area (Å²) in [7, 11) is -3.62. The van der Waals surface area contributed by atoms with Crippen LogP contribution in [0.5, 0.6) is 5.75 Å². The van der Waals surface area contributed by atoms with Gasteiger partial charge in [-0.2, -0.15) is 26.3 Å². The Labute approximate surface area is 185 Å². The van der Waals surface area contributed by atoms with E-state index in [1.165, 1.54) is 4.90 Å². The monoisotopic (exact) mass is 510 g/mol. The van der Waals surface area contributed by atoms with Crippen molar-refractivity contribution in [2.75, 3.05) is 18.6 Å². The molecule has 0 bridgehead atoms. The number of methoxy groups -OCH3 is 1. The van der Waals surface area contributed by atoms with Crippen LogP contribution in [0.4, 0.5) is 40.8 Å². The van der Waals surface area contributed by atoms with Crippen LogP contribution >= 0.6 is 0 Å². The lowest BCUT2D eigenvalue weighted by molar-refractivity contribution is -0.139. The number of benzene rings is 1. The van der Waals surface area contributed by atoms with Gasteiger partial charge >= 0.3 is 12.4 Å². The zero-order valence-electron chi connectivity index (χ0n) is 17.4. The molecule has 1 aromatic rings. The first-order valence-corrected chi connectivity index (χ1v) is 11.5. The van der Waals surface area contributed by atoms with Crippen molar-refractivity contribution in [2.24, 2.45) is 0 Å². The number of nitrogens with zero attached hydrogens (tertiary/aromatic N) is 1. The quantitative estimate of drug-likeness (QED) is 0.573. The van der Waals surface area contributed by atoms with Crippen LogP contribution < -0.4 is 14.4 Å². The molecule has 0 saturated heterocycles. The largest absolute Gasteiger partial charge is 0.496 e. The summed E-state index contributed by atoms with van der Waals surface area (Å²) in [5, 5.41) is 0. The van der Waals surface area contributed by atoms with Crippen molar-refractivity contribution in [2.45, 2.75) is 73.8 Å². The van der Waals surface area contributed by atoms with Crippen LogP contribution in [0.3, 0.4) is 0 Å². The summed E-state index contributed by atoms with van der Waals surface area (Å²) < 4.78 is 139. The lowest BCUT2D eigenvalue weighted by Crippen LogP contribution is -2.47. The zero-order valence-corrected chi connectivity index (χ0v) is 18.2. The molecule has 0 amide bonds. The lowest BCUT2D eigenvalue weighted by atomic mass is 9.90. The summed E-state index contributed by atoms with van der Waals surface area (Å²) in [5.74, 6) is -3.75. The number of alkyl halides is 8. The van der Waals surface area contributed by atoms with Gasteiger partial charge in [0.1, 0.15) is 10.6 Å². The number of sulfonamides is 1. The first kappa shape index (κ1) is 25.8. The van der Waals surface area contributed by atoms with Gasteiger partial charge in [-0.15, -0.1) is 0 Å². The van der Waals surface area contributed by atoms with Crippen LogP contribution in [0.15, 0.2) is 17.0 Å². The Hall–Kier alpha value is -1.83. The van der Waals surface area contributed by atoms with E-state index in [1.54, 1.807) is 0 Å². The molecule has 0 aromatic heterocycles. The maximum Gasteiger partial charge on any atom is 0.420 e. The van der Waals surface area contributed by atoms with Crippen molar-refractivity contribution in [3.05, 3.63) is 17.7 Å². The summed E-state index contributed by atoms with van der Waals surface area (Å²) >= 11 is 0. The number of nitrogens with one attached hydrogen (secondary N) is 1. The molecule has 33 heavy (non-hydrogen) atoms. The highest BCUT2D eigenvalue weighted by Crippen LogP contribution is 2.45. The third kappa shape index (κ3) is 6.00. The van der Waals surface area contributed by atoms with E-state index in [4.69, 9.17) is 4.74 Å². The molecule has 1 N–H and O–H groups in total. The number of halogens is 8. The minimum Gasteiger partial charge on any atom is -0.496 e. The average molecular weight is 510 g/mol. The van der Waals surface area contributed by atoms with E-state index >= 15 is 0 Å². The van der Waals surface area contributed by atoms with Gasteiger partial charge in [-0.3, -0.25) is 0 Å². The summed E-state index contributed by atoms with van der Waals surface area (Å²) in [6.07, 6.45) is -13.0. The number of rotatable bonds is 4. The molecule has 1 atom stereocenters. The SMILES string of the molecule is COc1cc2c(cc1C(F)(F)F)N(C1CCC(F)(F)CC1)CC(CCC(F)(F)F)NS2(=O)=O. The summed E-state index contributed by atoms with van der Waals surface area (Å²) in [6.45, 7) is -0.401. The van der Waals surface area contributed by atoms with Crippen molar-refractivity contribution in [1.82, 2.24) is 4.72 Å². The van der Waals surface area contributed by atoms with E-state index in [-0.39, 0.29) is 12.8 Å². The standard InChI is InChI=1S/C19H22F8N2O3S/c1-32-15-9-16-14(8-13(15)19(25,26)27)29(12-3-5-17(20,21)6-4-12)10-11(28-33(16,30)31)2-7-18(22,23)24/h8-9,11-12,28H,2-7,10H2,1H3. The Bertz CT molecular complexity index is 968. The van der Waals surface area contributed by atoms with Gasteiger partial charge in [-0.1, -0.05) is 0 Å². The molecular formula is C19H22F8N2O3S. The van der Waals surface area contributed by atoms with Gasteiger partial charge in [0.05, 0.1) is 18.4 Å². The van der Waals surface area contributed by atoms with Crippen molar-refractivity contribution in [3.8, 4) is 5.75 Å². The Morgan fingerprint density at radius 2 is 1.73 bits per heavy atom. The van der Waals surface area contributed by atoms with Gasteiger partial charge in [0, 0.05) is 44.0 Å². The fourth-order valence-corrected chi connectivity index (χ4v) is 5.68. The van der Waals surface area contributed by atoms with Gasteiger partial charge < -0.3 is 9.64 Å². The van der Waals surface area contributed by atoms with Crippen LogP contribution in [-0.4, -0.2) is 46.3 Å². The second kappa shape index (κ2) is 8.75. The molecule has 1 aliphatic heterocycles. The normalized spacial score (nSPS) is 23.7. The molecule has 0 radical (unpaired) electrons. The predicted molar refractivity (Wildman–Crippen MR) is 102 cm³/mol. The molecule has 14 heteroatoms. The number of fused-ring (bicyclic) bond motifs is 1. The molecule has 3 rings (SSSR count). The van der Waals surface area contributed by atoms with Crippen molar-refractivity contribution >= 4 is 15.7 Å². The van der Waals surface area contributed by atoms with E-state index in [0.29, 0.717) is 12.1 Å². The van der Waals surface area contributed by atoms with E-state index in [0.717, 1.165) is 7.11 Å². The topological polar surface area (TPSA) is 58.6 Å². The minimum atomic E-state index is -4.93.